The van der Waals surface area contributed by atoms with Crippen molar-refractivity contribution in [1.29, 1.82) is 0 Å². The lowest BCUT2D eigenvalue weighted by Gasteiger charge is -2.16. The highest BCUT2D eigenvalue weighted by Crippen LogP contribution is 2.33. The second kappa shape index (κ2) is 7.85. The third-order valence-corrected chi connectivity index (χ3v) is 4.27. The van der Waals surface area contributed by atoms with E-state index in [1.165, 1.54) is 0 Å². The minimum atomic E-state index is -0.441. The number of hydrogen-bond donors (Lipinski definition) is 0. The maximum Gasteiger partial charge on any atom is 0.340 e. The average Bonchev–Trinajstić information content (AvgIpc) is 3.03. The average molecular weight is 374 g/mol. The number of aryl methyl sites for hydroxylation is 1. The molecule has 0 saturated heterocycles. The highest BCUT2D eigenvalue weighted by atomic mass is 35.5. The lowest BCUT2D eigenvalue weighted by atomic mass is 9.99. The fourth-order valence-electron chi connectivity index (χ4n) is 2.99. The first-order valence-corrected chi connectivity index (χ1v) is 8.78. The summed E-state index contributed by atoms with van der Waals surface area (Å²) in [4.78, 5) is 16.9. The van der Waals surface area contributed by atoms with Gasteiger partial charge in [-0.3, -0.25) is 4.98 Å². The Hall–Kier alpha value is -2.44. The van der Waals surface area contributed by atoms with Gasteiger partial charge in [0.2, 0.25) is 0 Å². The van der Waals surface area contributed by atoms with Crippen LogP contribution in [0.3, 0.4) is 0 Å². The van der Waals surface area contributed by atoms with Crippen LogP contribution < -0.4 is 0 Å². The van der Waals surface area contributed by atoms with Gasteiger partial charge in [0.15, 0.2) is 0 Å². The lowest BCUT2D eigenvalue weighted by molar-refractivity contribution is 0.0521. The predicted octanol–water partition coefficient (Wildman–Crippen LogP) is 3.94. The summed E-state index contributed by atoms with van der Waals surface area (Å²) in [5, 5.41) is 5.13. The number of fused-ring (bicyclic) bond motifs is 1. The molecule has 3 heterocycles. The Bertz CT molecular complexity index is 953. The van der Waals surface area contributed by atoms with Crippen molar-refractivity contribution >= 4 is 23.1 Å². The topological polar surface area (TPSA) is 65.7 Å². The zero-order valence-electron chi connectivity index (χ0n) is 15.0. The number of halogens is 1. The number of aromatic nitrogens is 3. The first-order valence-electron chi connectivity index (χ1n) is 8.41. The Morgan fingerprint density at radius 3 is 2.73 bits per heavy atom. The molecule has 6 nitrogen and oxygen atoms in total. The van der Waals surface area contributed by atoms with Crippen molar-refractivity contribution < 1.29 is 14.3 Å². The van der Waals surface area contributed by atoms with Gasteiger partial charge in [-0.1, -0.05) is 18.5 Å². The molecule has 0 amide bonds. The molecule has 0 spiro atoms. The normalized spacial score (nSPS) is 11.1. The quantitative estimate of drug-likeness (QED) is 0.612. The standard InChI is InChI=1S/C19H20ClN3O3/c1-4-14-6-7-16-17(12-8-13(20)10-21-9-12)18(19(24)26-5-2)15(11-25-3)22-23(14)16/h6-10H,4-5,11H2,1-3H3. The van der Waals surface area contributed by atoms with Crippen LogP contribution in [0.4, 0.5) is 0 Å². The molecule has 0 aliphatic heterocycles. The molecular formula is C19H20ClN3O3. The van der Waals surface area contributed by atoms with Crippen LogP contribution in [0, 0.1) is 0 Å². The number of carbonyl (C=O) groups excluding carboxylic acids is 1. The highest BCUT2D eigenvalue weighted by Gasteiger charge is 2.25. The molecule has 0 fully saturated rings. The van der Waals surface area contributed by atoms with E-state index in [0.29, 0.717) is 21.8 Å². The van der Waals surface area contributed by atoms with Gasteiger partial charge in [-0.05, 0) is 31.5 Å². The Morgan fingerprint density at radius 1 is 1.27 bits per heavy atom. The van der Waals surface area contributed by atoms with Crippen LogP contribution in [-0.4, -0.2) is 34.3 Å². The Balaban J connectivity index is 2.41. The number of rotatable bonds is 6. The molecule has 0 atom stereocenters. The SMILES string of the molecule is CCOC(=O)c1c(COC)nn2c(CC)ccc2c1-c1cncc(Cl)c1. The number of ether oxygens (including phenoxy) is 2. The summed E-state index contributed by atoms with van der Waals surface area (Å²) >= 11 is 6.15. The number of methoxy groups -OCH3 is 1. The van der Waals surface area contributed by atoms with Crippen LogP contribution in [0.2, 0.25) is 5.02 Å². The van der Waals surface area contributed by atoms with Gasteiger partial charge >= 0.3 is 5.97 Å². The summed E-state index contributed by atoms with van der Waals surface area (Å²) in [6, 6.07) is 5.72. The second-order valence-corrected chi connectivity index (χ2v) is 6.15. The van der Waals surface area contributed by atoms with Crippen molar-refractivity contribution in [3.8, 4) is 11.1 Å². The Labute approximate surface area is 156 Å². The lowest BCUT2D eigenvalue weighted by Crippen LogP contribution is -2.16. The third kappa shape index (κ3) is 3.30. The van der Waals surface area contributed by atoms with Crippen LogP contribution in [-0.2, 0) is 22.5 Å². The maximum atomic E-state index is 12.8. The summed E-state index contributed by atoms with van der Waals surface area (Å²) in [6.45, 7) is 4.28. The van der Waals surface area contributed by atoms with Crippen LogP contribution >= 0.6 is 11.6 Å². The number of nitrogens with zero attached hydrogens (tertiary/aromatic N) is 3. The molecule has 3 rings (SSSR count). The fraction of sp³-hybridized carbons (Fsp3) is 0.316. The van der Waals surface area contributed by atoms with E-state index in [1.807, 2.05) is 16.6 Å². The van der Waals surface area contributed by atoms with Gasteiger partial charge in [-0.2, -0.15) is 5.10 Å². The van der Waals surface area contributed by atoms with E-state index in [2.05, 4.69) is 17.0 Å². The van der Waals surface area contributed by atoms with Crippen molar-refractivity contribution in [3.63, 3.8) is 0 Å². The molecule has 3 aromatic rings. The second-order valence-electron chi connectivity index (χ2n) is 5.72. The monoisotopic (exact) mass is 373 g/mol. The van der Waals surface area contributed by atoms with Gasteiger partial charge in [-0.15, -0.1) is 0 Å². The van der Waals surface area contributed by atoms with E-state index >= 15 is 0 Å². The van der Waals surface area contributed by atoms with Gasteiger partial charge < -0.3 is 9.47 Å². The smallest absolute Gasteiger partial charge is 0.340 e. The minimum absolute atomic E-state index is 0.187. The van der Waals surface area contributed by atoms with E-state index in [0.717, 1.165) is 23.2 Å². The summed E-state index contributed by atoms with van der Waals surface area (Å²) in [5.74, 6) is -0.441. The summed E-state index contributed by atoms with van der Waals surface area (Å²) < 4.78 is 12.4. The van der Waals surface area contributed by atoms with Crippen molar-refractivity contribution in [2.24, 2.45) is 0 Å². The first-order chi connectivity index (χ1) is 12.6. The third-order valence-electron chi connectivity index (χ3n) is 4.07. The van der Waals surface area contributed by atoms with E-state index in [4.69, 9.17) is 21.1 Å². The molecule has 0 aliphatic rings. The molecule has 136 valence electrons. The molecule has 0 radical (unpaired) electrons. The van der Waals surface area contributed by atoms with Crippen LogP contribution in [0.25, 0.3) is 16.6 Å². The van der Waals surface area contributed by atoms with Crippen molar-refractivity contribution in [2.75, 3.05) is 13.7 Å². The molecule has 26 heavy (non-hydrogen) atoms. The van der Waals surface area contributed by atoms with E-state index < -0.39 is 5.97 Å². The number of hydrogen-bond acceptors (Lipinski definition) is 5. The van der Waals surface area contributed by atoms with E-state index in [-0.39, 0.29) is 13.2 Å². The number of carbonyl (C=O) groups is 1. The zero-order chi connectivity index (χ0) is 18.7. The number of pyridine rings is 1. The van der Waals surface area contributed by atoms with E-state index in [9.17, 15) is 4.79 Å². The minimum Gasteiger partial charge on any atom is -0.462 e. The van der Waals surface area contributed by atoms with Crippen LogP contribution in [0.15, 0.2) is 30.6 Å². The van der Waals surface area contributed by atoms with Crippen LogP contribution in [0.1, 0.15) is 35.6 Å². The van der Waals surface area contributed by atoms with Gasteiger partial charge in [0.05, 0.1) is 29.3 Å². The predicted molar refractivity (Wildman–Crippen MR) is 99.5 cm³/mol. The zero-order valence-corrected chi connectivity index (χ0v) is 15.7. The summed E-state index contributed by atoms with van der Waals surface area (Å²) in [6.07, 6.45) is 4.04. The Kier molecular flexibility index (Phi) is 5.54. The number of esters is 1. The molecular weight excluding hydrogens is 354 g/mol. The molecule has 0 bridgehead atoms. The van der Waals surface area contributed by atoms with Crippen molar-refractivity contribution in [3.05, 3.63) is 52.6 Å². The highest BCUT2D eigenvalue weighted by molar-refractivity contribution is 6.30. The molecule has 0 N–H and O–H groups in total. The molecule has 0 aliphatic carbocycles. The summed E-state index contributed by atoms with van der Waals surface area (Å²) in [7, 11) is 1.57. The van der Waals surface area contributed by atoms with Gasteiger partial charge in [0.1, 0.15) is 5.69 Å². The van der Waals surface area contributed by atoms with E-state index in [1.54, 1.807) is 32.5 Å². The van der Waals surface area contributed by atoms with Gasteiger partial charge in [0.25, 0.3) is 0 Å². The fourth-order valence-corrected chi connectivity index (χ4v) is 3.16. The molecule has 0 aromatic carbocycles. The largest absolute Gasteiger partial charge is 0.462 e. The Morgan fingerprint density at radius 2 is 2.08 bits per heavy atom. The molecule has 3 aromatic heterocycles. The molecule has 7 heteroatoms. The van der Waals surface area contributed by atoms with Crippen molar-refractivity contribution in [2.45, 2.75) is 26.9 Å². The van der Waals surface area contributed by atoms with Crippen molar-refractivity contribution in [1.82, 2.24) is 14.6 Å². The van der Waals surface area contributed by atoms with Gasteiger partial charge in [0, 0.05) is 36.3 Å². The molecule has 0 unspecified atom stereocenters. The summed E-state index contributed by atoms with van der Waals surface area (Å²) in [5.41, 5.74) is 4.15. The van der Waals surface area contributed by atoms with Crippen LogP contribution in [0.5, 0.6) is 0 Å². The molecule has 0 saturated carbocycles. The maximum absolute atomic E-state index is 12.8. The first kappa shape index (κ1) is 18.4. The van der Waals surface area contributed by atoms with Gasteiger partial charge in [-0.25, -0.2) is 9.31 Å².